The summed E-state index contributed by atoms with van der Waals surface area (Å²) in [6.45, 7) is 20.4. The lowest BCUT2D eigenvalue weighted by Gasteiger charge is -2.34. The molecule has 0 aromatic carbocycles. The molecular formula is C24H43NO2. The van der Waals surface area contributed by atoms with Gasteiger partial charge in [-0.2, -0.15) is 0 Å². The van der Waals surface area contributed by atoms with Crippen molar-refractivity contribution < 1.29 is 9.53 Å². The van der Waals surface area contributed by atoms with Crippen LogP contribution in [0.25, 0.3) is 0 Å². The molecule has 156 valence electrons. The van der Waals surface area contributed by atoms with Gasteiger partial charge in [-0.1, -0.05) is 72.3 Å². The van der Waals surface area contributed by atoms with Crippen LogP contribution in [0.5, 0.6) is 0 Å². The SMILES string of the molecule is C=C/C(CC)=C(\C=C)CCN(CC)C(=O)OCC(CCC)(CCC)CCC. The third-order valence-electron chi connectivity index (χ3n) is 5.42. The van der Waals surface area contributed by atoms with Crippen LogP contribution in [0.2, 0.25) is 0 Å². The summed E-state index contributed by atoms with van der Waals surface area (Å²) < 4.78 is 5.82. The number of carbonyl (C=O) groups excluding carboxylic acids is 1. The van der Waals surface area contributed by atoms with Crippen LogP contribution in [0, 0.1) is 5.41 Å². The van der Waals surface area contributed by atoms with Gasteiger partial charge in [-0.15, -0.1) is 0 Å². The molecule has 0 bridgehead atoms. The molecule has 0 aliphatic rings. The van der Waals surface area contributed by atoms with Crippen LogP contribution in [0.3, 0.4) is 0 Å². The predicted octanol–water partition coefficient (Wildman–Crippen LogP) is 7.30. The number of amides is 1. The first-order valence-electron chi connectivity index (χ1n) is 10.9. The Morgan fingerprint density at radius 1 is 0.926 bits per heavy atom. The van der Waals surface area contributed by atoms with E-state index in [9.17, 15) is 4.79 Å². The van der Waals surface area contributed by atoms with Gasteiger partial charge in [-0.25, -0.2) is 4.79 Å². The number of carbonyl (C=O) groups is 1. The Labute approximate surface area is 168 Å². The first-order valence-corrected chi connectivity index (χ1v) is 10.9. The molecule has 0 aliphatic carbocycles. The van der Waals surface area contributed by atoms with E-state index in [0.29, 0.717) is 19.7 Å². The van der Waals surface area contributed by atoms with Gasteiger partial charge in [-0.05, 0) is 50.2 Å². The molecule has 0 aromatic rings. The number of hydrogen-bond acceptors (Lipinski definition) is 2. The second-order valence-corrected chi connectivity index (χ2v) is 7.45. The van der Waals surface area contributed by atoms with Crippen molar-refractivity contribution in [2.24, 2.45) is 5.41 Å². The van der Waals surface area contributed by atoms with Gasteiger partial charge >= 0.3 is 6.09 Å². The molecule has 0 heterocycles. The van der Waals surface area contributed by atoms with Gasteiger partial charge in [0, 0.05) is 18.5 Å². The van der Waals surface area contributed by atoms with E-state index in [1.54, 1.807) is 4.90 Å². The maximum atomic E-state index is 12.7. The number of hydrogen-bond donors (Lipinski definition) is 0. The van der Waals surface area contributed by atoms with Crippen LogP contribution in [-0.4, -0.2) is 30.7 Å². The van der Waals surface area contributed by atoms with Crippen LogP contribution in [0.4, 0.5) is 4.79 Å². The Kier molecular flexibility index (Phi) is 13.7. The van der Waals surface area contributed by atoms with Gasteiger partial charge in [-0.3, -0.25) is 0 Å². The van der Waals surface area contributed by atoms with Crippen molar-refractivity contribution in [1.82, 2.24) is 4.90 Å². The minimum atomic E-state index is -0.190. The van der Waals surface area contributed by atoms with E-state index < -0.39 is 0 Å². The van der Waals surface area contributed by atoms with Gasteiger partial charge in [0.1, 0.15) is 0 Å². The molecule has 0 aromatic heterocycles. The Morgan fingerprint density at radius 2 is 1.44 bits per heavy atom. The second kappa shape index (κ2) is 14.5. The normalized spacial score (nSPS) is 12.3. The Morgan fingerprint density at radius 3 is 1.81 bits per heavy atom. The molecule has 0 spiro atoms. The molecule has 0 atom stereocenters. The topological polar surface area (TPSA) is 29.5 Å². The second-order valence-electron chi connectivity index (χ2n) is 7.45. The van der Waals surface area contributed by atoms with Crippen molar-refractivity contribution >= 4 is 6.09 Å². The average Bonchev–Trinajstić information content (AvgIpc) is 2.66. The lowest BCUT2D eigenvalue weighted by Crippen LogP contribution is -2.36. The van der Waals surface area contributed by atoms with E-state index in [1.165, 1.54) is 5.57 Å². The highest BCUT2D eigenvalue weighted by Gasteiger charge is 2.30. The third kappa shape index (κ3) is 8.81. The predicted molar refractivity (Wildman–Crippen MR) is 118 cm³/mol. The van der Waals surface area contributed by atoms with Crippen LogP contribution in [0.15, 0.2) is 36.5 Å². The summed E-state index contributed by atoms with van der Waals surface area (Å²) in [6, 6.07) is 0. The molecule has 0 N–H and O–H groups in total. The van der Waals surface area contributed by atoms with E-state index in [-0.39, 0.29) is 11.5 Å². The van der Waals surface area contributed by atoms with Gasteiger partial charge in [0.05, 0.1) is 6.61 Å². The fourth-order valence-corrected chi connectivity index (χ4v) is 4.02. The highest BCUT2D eigenvalue weighted by molar-refractivity contribution is 5.67. The molecule has 0 fully saturated rings. The zero-order chi connectivity index (χ0) is 20.7. The summed E-state index contributed by atoms with van der Waals surface area (Å²) in [4.78, 5) is 14.5. The molecule has 0 saturated heterocycles. The van der Waals surface area contributed by atoms with Gasteiger partial charge in [0.2, 0.25) is 0 Å². The Balaban J connectivity index is 4.98. The molecule has 0 saturated carbocycles. The van der Waals surface area contributed by atoms with Crippen LogP contribution in [0.1, 0.15) is 86.0 Å². The Hall–Kier alpha value is -1.51. The maximum Gasteiger partial charge on any atom is 0.409 e. The quantitative estimate of drug-likeness (QED) is 0.280. The molecule has 0 unspecified atom stereocenters. The fourth-order valence-electron chi connectivity index (χ4n) is 4.02. The van der Waals surface area contributed by atoms with E-state index >= 15 is 0 Å². The molecule has 3 nitrogen and oxygen atoms in total. The zero-order valence-corrected chi connectivity index (χ0v) is 18.6. The summed E-state index contributed by atoms with van der Waals surface area (Å²) in [5.74, 6) is 0. The fraction of sp³-hybridized carbons (Fsp3) is 0.708. The molecule has 0 radical (unpaired) electrons. The molecule has 1 amide bonds. The molecule has 3 heteroatoms. The van der Waals surface area contributed by atoms with Gasteiger partial charge in [0.15, 0.2) is 0 Å². The van der Waals surface area contributed by atoms with Crippen LogP contribution in [-0.2, 0) is 4.74 Å². The van der Waals surface area contributed by atoms with Crippen LogP contribution >= 0.6 is 0 Å². The first-order chi connectivity index (χ1) is 13.0. The number of allylic oxidation sites excluding steroid dienone is 3. The zero-order valence-electron chi connectivity index (χ0n) is 18.6. The monoisotopic (exact) mass is 377 g/mol. The molecule has 27 heavy (non-hydrogen) atoms. The highest BCUT2D eigenvalue weighted by atomic mass is 16.6. The van der Waals surface area contributed by atoms with Crippen molar-refractivity contribution in [3.63, 3.8) is 0 Å². The minimum absolute atomic E-state index is 0.137. The highest BCUT2D eigenvalue weighted by Crippen LogP contribution is 2.35. The smallest absolute Gasteiger partial charge is 0.409 e. The summed E-state index contributed by atoms with van der Waals surface area (Å²) in [6.07, 6.45) is 12.0. The maximum absolute atomic E-state index is 12.7. The van der Waals surface area contributed by atoms with Crippen molar-refractivity contribution in [1.29, 1.82) is 0 Å². The lowest BCUT2D eigenvalue weighted by molar-refractivity contribution is 0.0410. The van der Waals surface area contributed by atoms with E-state index in [2.05, 4.69) is 40.9 Å². The molecular weight excluding hydrogens is 334 g/mol. The number of nitrogens with zero attached hydrogens (tertiary/aromatic N) is 1. The summed E-state index contributed by atoms with van der Waals surface area (Å²) in [7, 11) is 0. The third-order valence-corrected chi connectivity index (χ3v) is 5.42. The lowest BCUT2D eigenvalue weighted by atomic mass is 9.76. The molecule has 0 rings (SSSR count). The van der Waals surface area contributed by atoms with Crippen molar-refractivity contribution in [2.75, 3.05) is 19.7 Å². The largest absolute Gasteiger partial charge is 0.449 e. The van der Waals surface area contributed by atoms with Gasteiger partial charge in [0.25, 0.3) is 0 Å². The number of rotatable bonds is 15. The summed E-state index contributed by atoms with van der Waals surface area (Å²) in [5, 5.41) is 0. The standard InChI is InChI=1S/C24H43NO2/c1-8-16-24(17-9-2,18-10-3)20-27-23(26)25(14-7)19-15-22(13-6)21(11-4)12-5/h11,13H,4,6,8-10,12,14-20H2,1-3,5,7H3/b22-21-. The average molecular weight is 378 g/mol. The van der Waals surface area contributed by atoms with Crippen molar-refractivity contribution in [2.45, 2.75) is 86.0 Å². The van der Waals surface area contributed by atoms with Crippen molar-refractivity contribution in [3.05, 3.63) is 36.5 Å². The molecule has 0 aliphatic heterocycles. The van der Waals surface area contributed by atoms with E-state index in [4.69, 9.17) is 4.74 Å². The first kappa shape index (κ1) is 25.5. The van der Waals surface area contributed by atoms with Gasteiger partial charge < -0.3 is 9.64 Å². The van der Waals surface area contributed by atoms with Crippen molar-refractivity contribution in [3.8, 4) is 0 Å². The van der Waals surface area contributed by atoms with E-state index in [0.717, 1.165) is 56.9 Å². The minimum Gasteiger partial charge on any atom is -0.449 e. The Bertz CT molecular complexity index is 462. The summed E-state index contributed by atoms with van der Waals surface area (Å²) >= 11 is 0. The van der Waals surface area contributed by atoms with E-state index in [1.807, 2.05) is 19.1 Å². The number of ether oxygens (including phenoxy) is 1. The summed E-state index contributed by atoms with van der Waals surface area (Å²) in [5.41, 5.74) is 2.50. The van der Waals surface area contributed by atoms with Crippen LogP contribution < -0.4 is 0 Å².